The summed E-state index contributed by atoms with van der Waals surface area (Å²) >= 11 is 0. The second-order valence-electron chi connectivity index (χ2n) is 8.59. The quantitative estimate of drug-likeness (QED) is 0.544. The zero-order chi connectivity index (χ0) is 23.9. The van der Waals surface area contributed by atoms with Crippen molar-refractivity contribution in [2.45, 2.75) is 45.6 Å². The lowest BCUT2D eigenvalue weighted by atomic mass is 9.87. The van der Waals surface area contributed by atoms with Gasteiger partial charge in [-0.25, -0.2) is 8.42 Å². The van der Waals surface area contributed by atoms with E-state index in [-0.39, 0.29) is 24.5 Å². The first kappa shape index (κ1) is 25.5. The second-order valence-corrected chi connectivity index (χ2v) is 10.5. The van der Waals surface area contributed by atoms with Crippen LogP contribution in [-0.4, -0.2) is 46.9 Å². The monoisotopic (exact) mass is 462 g/mol. The van der Waals surface area contributed by atoms with E-state index in [4.69, 9.17) is 9.47 Å². The number of methoxy groups -OCH3 is 1. The summed E-state index contributed by atoms with van der Waals surface area (Å²) in [6, 6.07) is 13.6. The molecule has 0 aromatic heterocycles. The average Bonchev–Trinajstić information content (AvgIpc) is 2.73. The number of nitrogens with one attached hydrogen (secondary N) is 1. The Hall–Kier alpha value is -2.74. The average molecular weight is 463 g/mol. The second kappa shape index (κ2) is 10.7. The van der Waals surface area contributed by atoms with Gasteiger partial charge in [0.25, 0.3) is 0 Å². The van der Waals surface area contributed by atoms with Gasteiger partial charge in [0.1, 0.15) is 24.1 Å². The summed E-state index contributed by atoms with van der Waals surface area (Å²) in [7, 11) is -2.15. The van der Waals surface area contributed by atoms with Crippen LogP contribution in [0.25, 0.3) is 0 Å². The van der Waals surface area contributed by atoms with E-state index in [9.17, 15) is 13.2 Å². The standard InChI is InChI=1S/C24H34N2O5S/c1-7-22(26(32(6,28)29)19-10-14-20(30-5)15-11-19)23(27)25-16-17-31-21-12-8-18(9-13-21)24(2,3)4/h8-15,22H,7,16-17H2,1-6H3,(H,25,27). The fourth-order valence-corrected chi connectivity index (χ4v) is 4.51. The van der Waals surface area contributed by atoms with Crippen molar-refractivity contribution in [1.82, 2.24) is 5.32 Å². The van der Waals surface area contributed by atoms with Gasteiger partial charge in [0.15, 0.2) is 0 Å². The number of benzene rings is 2. The maximum Gasteiger partial charge on any atom is 0.244 e. The molecule has 0 spiro atoms. The first-order valence-corrected chi connectivity index (χ1v) is 12.5. The summed E-state index contributed by atoms with van der Waals surface area (Å²) in [6.07, 6.45) is 1.41. The highest BCUT2D eigenvalue weighted by Crippen LogP contribution is 2.26. The third kappa shape index (κ3) is 6.88. The van der Waals surface area contributed by atoms with Gasteiger partial charge in [0.05, 0.1) is 25.6 Å². The van der Waals surface area contributed by atoms with E-state index in [1.54, 1.807) is 31.2 Å². The summed E-state index contributed by atoms with van der Waals surface area (Å²) in [4.78, 5) is 12.8. The molecule has 0 aliphatic rings. The van der Waals surface area contributed by atoms with Crippen molar-refractivity contribution in [2.75, 3.05) is 30.8 Å². The first-order valence-electron chi connectivity index (χ1n) is 10.6. The van der Waals surface area contributed by atoms with Crippen molar-refractivity contribution in [3.8, 4) is 11.5 Å². The number of hydrogen-bond acceptors (Lipinski definition) is 5. The Bertz CT molecular complexity index is 981. The molecular weight excluding hydrogens is 428 g/mol. The molecule has 0 aliphatic carbocycles. The number of anilines is 1. The number of carbonyl (C=O) groups is 1. The van der Waals surface area contributed by atoms with E-state index < -0.39 is 16.1 Å². The lowest BCUT2D eigenvalue weighted by molar-refractivity contribution is -0.122. The molecule has 176 valence electrons. The van der Waals surface area contributed by atoms with Gasteiger partial charge in [-0.15, -0.1) is 0 Å². The molecule has 8 heteroatoms. The van der Waals surface area contributed by atoms with Crippen LogP contribution in [0.5, 0.6) is 11.5 Å². The molecule has 0 radical (unpaired) electrons. The normalized spacial score (nSPS) is 12.7. The Morgan fingerprint density at radius 3 is 2.06 bits per heavy atom. The summed E-state index contributed by atoms with van der Waals surface area (Å²) < 4.78 is 37.0. The Kier molecular flexibility index (Phi) is 8.55. The number of nitrogens with zero attached hydrogens (tertiary/aromatic N) is 1. The minimum Gasteiger partial charge on any atom is -0.497 e. The fourth-order valence-electron chi connectivity index (χ4n) is 3.30. The van der Waals surface area contributed by atoms with Crippen molar-refractivity contribution in [1.29, 1.82) is 0 Å². The van der Waals surface area contributed by atoms with Gasteiger partial charge in [-0.3, -0.25) is 9.10 Å². The molecule has 0 fully saturated rings. The molecule has 2 rings (SSSR count). The van der Waals surface area contributed by atoms with Gasteiger partial charge in [0, 0.05) is 0 Å². The van der Waals surface area contributed by atoms with Gasteiger partial charge >= 0.3 is 0 Å². The summed E-state index contributed by atoms with van der Waals surface area (Å²) in [6.45, 7) is 8.76. The van der Waals surface area contributed by atoms with Gasteiger partial charge < -0.3 is 14.8 Å². The maximum atomic E-state index is 12.8. The van der Waals surface area contributed by atoms with Gasteiger partial charge in [0.2, 0.25) is 15.9 Å². The summed E-state index contributed by atoms with van der Waals surface area (Å²) in [5.74, 6) is 0.947. The minimum atomic E-state index is -3.68. The summed E-state index contributed by atoms with van der Waals surface area (Å²) in [5, 5.41) is 2.79. The highest BCUT2D eigenvalue weighted by atomic mass is 32.2. The van der Waals surface area contributed by atoms with E-state index in [1.807, 2.05) is 24.3 Å². The van der Waals surface area contributed by atoms with E-state index in [2.05, 4.69) is 26.1 Å². The van der Waals surface area contributed by atoms with Crippen LogP contribution in [0.2, 0.25) is 0 Å². The van der Waals surface area contributed by atoms with Crippen molar-refractivity contribution in [3.63, 3.8) is 0 Å². The van der Waals surface area contributed by atoms with Crippen LogP contribution >= 0.6 is 0 Å². The maximum absolute atomic E-state index is 12.8. The van der Waals surface area contributed by atoms with Crippen molar-refractivity contribution in [2.24, 2.45) is 0 Å². The zero-order valence-electron chi connectivity index (χ0n) is 19.7. The van der Waals surface area contributed by atoms with E-state index in [0.29, 0.717) is 17.9 Å². The zero-order valence-corrected chi connectivity index (χ0v) is 20.5. The molecule has 1 amide bonds. The molecule has 1 N–H and O–H groups in total. The lowest BCUT2D eigenvalue weighted by Gasteiger charge is -2.30. The molecule has 2 aromatic carbocycles. The Morgan fingerprint density at radius 2 is 1.59 bits per heavy atom. The van der Waals surface area contributed by atoms with Crippen LogP contribution in [0.15, 0.2) is 48.5 Å². The number of rotatable bonds is 10. The third-order valence-electron chi connectivity index (χ3n) is 5.05. The molecule has 0 aliphatic heterocycles. The largest absolute Gasteiger partial charge is 0.497 e. The Morgan fingerprint density at radius 1 is 1.03 bits per heavy atom. The first-order chi connectivity index (χ1) is 15.0. The van der Waals surface area contributed by atoms with Crippen LogP contribution in [0.3, 0.4) is 0 Å². The summed E-state index contributed by atoms with van der Waals surface area (Å²) in [5.41, 5.74) is 1.69. The van der Waals surface area contributed by atoms with Crippen LogP contribution in [-0.2, 0) is 20.2 Å². The highest BCUT2D eigenvalue weighted by molar-refractivity contribution is 7.92. The Balaban J connectivity index is 2.00. The smallest absolute Gasteiger partial charge is 0.244 e. The SMILES string of the molecule is CCC(C(=O)NCCOc1ccc(C(C)(C)C)cc1)N(c1ccc(OC)cc1)S(C)(=O)=O. The van der Waals surface area contributed by atoms with Gasteiger partial charge in [-0.05, 0) is 53.8 Å². The number of ether oxygens (including phenoxy) is 2. The van der Waals surface area contributed by atoms with Crippen molar-refractivity contribution < 1.29 is 22.7 Å². The molecule has 2 aromatic rings. The number of carbonyl (C=O) groups excluding carboxylic acids is 1. The van der Waals surface area contributed by atoms with Crippen LogP contribution in [0.4, 0.5) is 5.69 Å². The van der Waals surface area contributed by atoms with E-state index in [0.717, 1.165) is 16.3 Å². The van der Waals surface area contributed by atoms with Crippen LogP contribution in [0, 0.1) is 0 Å². The van der Waals surface area contributed by atoms with Gasteiger partial charge in [-0.1, -0.05) is 39.8 Å². The molecule has 0 bridgehead atoms. The number of sulfonamides is 1. The molecule has 7 nitrogen and oxygen atoms in total. The predicted octanol–water partition coefficient (Wildman–Crippen LogP) is 3.73. The minimum absolute atomic E-state index is 0.0665. The van der Waals surface area contributed by atoms with E-state index in [1.165, 1.54) is 12.7 Å². The third-order valence-corrected chi connectivity index (χ3v) is 6.23. The predicted molar refractivity (Wildman–Crippen MR) is 128 cm³/mol. The molecule has 0 saturated carbocycles. The Labute approximate surface area is 191 Å². The molecule has 1 unspecified atom stereocenters. The fraction of sp³-hybridized carbons (Fsp3) is 0.458. The highest BCUT2D eigenvalue weighted by Gasteiger charge is 2.31. The van der Waals surface area contributed by atoms with E-state index >= 15 is 0 Å². The van der Waals surface area contributed by atoms with Gasteiger partial charge in [-0.2, -0.15) is 0 Å². The number of hydrogen-bond donors (Lipinski definition) is 1. The topological polar surface area (TPSA) is 84.9 Å². The molecule has 1 atom stereocenters. The molecule has 32 heavy (non-hydrogen) atoms. The van der Waals surface area contributed by atoms with Crippen LogP contribution in [0.1, 0.15) is 39.7 Å². The molecular formula is C24H34N2O5S. The number of amides is 1. The van der Waals surface area contributed by atoms with Crippen molar-refractivity contribution in [3.05, 3.63) is 54.1 Å². The molecule has 0 saturated heterocycles. The molecule has 0 heterocycles. The lowest BCUT2D eigenvalue weighted by Crippen LogP contribution is -2.50. The van der Waals surface area contributed by atoms with Crippen molar-refractivity contribution >= 4 is 21.6 Å². The van der Waals surface area contributed by atoms with Crippen LogP contribution < -0.4 is 19.1 Å².